The molecule has 3 aliphatic rings. The lowest BCUT2D eigenvalue weighted by atomic mass is 9.78. The molecule has 0 aromatic carbocycles. The average Bonchev–Trinajstić information content (AvgIpc) is 3.72. The topological polar surface area (TPSA) is 138 Å². The number of rotatable bonds is 63. The summed E-state index contributed by atoms with van der Waals surface area (Å²) in [5.74, 6) is 3.78. The first-order valence-electron chi connectivity index (χ1n) is 37.7. The van der Waals surface area contributed by atoms with Gasteiger partial charge in [-0.15, -0.1) is 0 Å². The molecular weight excluding hydrogens is 1120 g/mol. The van der Waals surface area contributed by atoms with E-state index in [4.69, 9.17) is 36.6 Å². The second-order valence-corrected chi connectivity index (χ2v) is 29.4. The van der Waals surface area contributed by atoms with Gasteiger partial charge in [-0.2, -0.15) is 0 Å². The van der Waals surface area contributed by atoms with Crippen molar-refractivity contribution in [3.05, 3.63) is 0 Å². The summed E-state index contributed by atoms with van der Waals surface area (Å²) in [5.41, 5.74) is 0. The summed E-state index contributed by atoms with van der Waals surface area (Å²) in [5, 5.41) is 30.2. The Kier molecular flexibility index (Phi) is 55.4. The highest BCUT2D eigenvalue weighted by molar-refractivity contribution is 7.41. The Labute approximate surface area is 534 Å². The van der Waals surface area contributed by atoms with Crippen LogP contribution in [0.2, 0.25) is 0 Å². The zero-order valence-electron chi connectivity index (χ0n) is 57.0. The van der Waals surface area contributed by atoms with Crippen LogP contribution in [-0.2, 0) is 36.6 Å². The molecule has 3 fully saturated rings. The molecule has 12 nitrogen and oxygen atoms in total. The molecule has 3 N–H and O–H groups in total. The van der Waals surface area contributed by atoms with Gasteiger partial charge in [-0.3, -0.25) is 0 Å². The first kappa shape index (κ1) is 80.6. The summed E-state index contributed by atoms with van der Waals surface area (Å²) in [6.07, 6.45) is 58.2. The fourth-order valence-corrected chi connectivity index (χ4v) is 15.6. The van der Waals surface area contributed by atoms with E-state index in [1.807, 2.05) is 0 Å². The number of aliphatic hydroxyl groups excluding tert-OH is 3. The van der Waals surface area contributed by atoms with E-state index in [0.29, 0.717) is 19.8 Å². The molecule has 14 heteroatoms. The highest BCUT2D eigenvalue weighted by atomic mass is 31.2. The maximum atomic E-state index is 10.5. The third-order valence-electron chi connectivity index (χ3n) is 19.1. The number of ether oxygens (including phenoxy) is 2. The quantitative estimate of drug-likeness (QED) is 0.0395. The second kappa shape index (κ2) is 59.1. The van der Waals surface area contributed by atoms with Gasteiger partial charge in [-0.1, -0.05) is 272 Å². The largest absolute Gasteiger partial charge is 0.394 e. The van der Waals surface area contributed by atoms with E-state index in [1.165, 1.54) is 244 Å². The van der Waals surface area contributed by atoms with E-state index < -0.39 is 41.8 Å². The summed E-state index contributed by atoms with van der Waals surface area (Å²) < 4.78 is 49.6. The first-order valence-corrected chi connectivity index (χ1v) is 39.9. The fraction of sp³-hybridized carbons (Fsp3) is 1.00. The predicted molar refractivity (Wildman–Crippen MR) is 363 cm³/mol. The standard InChI is InChI=1S/C72H143NO11P2/c1-5-9-11-13-15-17-19-25-34-57-78-85(82-61-38-29-43-67-49-45-65(41-7-3)46-50-67)80-59-36-27-21-23-31-53-73(55-33-40-56-77-72-70(76)63-69(75)71(64-74)84-72)54-32-24-22-28-37-60-81-86(79-58-35-26-20-18-16-14-12-10-6-2)83-62-39-30-44-68-51-47-66(42-8-4)48-52-68/h65-72,74-76H,5-64H2,1-4H3/t65?,66?,67?,68?,69?,70-,71+,72?,85?,86?/m0/s1. The lowest BCUT2D eigenvalue weighted by molar-refractivity contribution is -0.270. The van der Waals surface area contributed by atoms with Crippen LogP contribution in [0.25, 0.3) is 0 Å². The van der Waals surface area contributed by atoms with Crippen molar-refractivity contribution < 1.29 is 51.9 Å². The molecule has 3 rings (SSSR count). The van der Waals surface area contributed by atoms with Crippen molar-refractivity contribution in [3.63, 3.8) is 0 Å². The van der Waals surface area contributed by atoms with E-state index in [1.54, 1.807) is 0 Å². The van der Waals surface area contributed by atoms with E-state index in [2.05, 4.69) is 32.6 Å². The minimum atomic E-state index is -1.29. The van der Waals surface area contributed by atoms with Crippen molar-refractivity contribution >= 4 is 17.2 Å². The SMILES string of the molecule is CCCCCCCCCCCOP(OCCCCCCCN(CCCCCCCOP(OCCCCCCCCCCC)OCCCCC1CCC(CCC)CC1)CCCCOC1O[C@H](CO)C(O)C[C@@H]1O)OCCCCC1CCC(CCC)CC1. The summed E-state index contributed by atoms with van der Waals surface area (Å²) >= 11 is 0. The van der Waals surface area contributed by atoms with Crippen molar-refractivity contribution in [1.82, 2.24) is 4.90 Å². The molecule has 0 bridgehead atoms. The number of hydrogen-bond acceptors (Lipinski definition) is 12. The molecule has 0 aromatic rings. The fourth-order valence-electron chi connectivity index (χ4n) is 13.5. The van der Waals surface area contributed by atoms with E-state index in [9.17, 15) is 15.3 Å². The van der Waals surface area contributed by atoms with Gasteiger partial charge in [0, 0.05) is 13.0 Å². The highest BCUT2D eigenvalue weighted by Crippen LogP contribution is 2.42. The molecule has 86 heavy (non-hydrogen) atoms. The van der Waals surface area contributed by atoms with Gasteiger partial charge in [0.05, 0.1) is 52.4 Å². The third-order valence-corrected chi connectivity index (χ3v) is 21.5. The minimum Gasteiger partial charge on any atom is -0.394 e. The Bertz CT molecular complexity index is 1320. The van der Waals surface area contributed by atoms with Crippen molar-refractivity contribution in [1.29, 1.82) is 0 Å². The maximum absolute atomic E-state index is 10.5. The van der Waals surface area contributed by atoms with E-state index in [0.717, 1.165) is 134 Å². The zero-order chi connectivity index (χ0) is 61.4. The molecule has 1 heterocycles. The summed E-state index contributed by atoms with van der Waals surface area (Å²) in [4.78, 5) is 2.65. The Morgan fingerprint density at radius 3 is 0.965 bits per heavy atom. The number of hydrogen-bond donors (Lipinski definition) is 3. The molecule has 6 atom stereocenters. The van der Waals surface area contributed by atoms with Crippen LogP contribution in [0.1, 0.15) is 342 Å². The van der Waals surface area contributed by atoms with Crippen molar-refractivity contribution in [3.8, 4) is 0 Å². The van der Waals surface area contributed by atoms with Gasteiger partial charge in [-0.05, 0) is 108 Å². The Hall–Kier alpha value is 0.380. The molecule has 0 spiro atoms. The molecule has 512 valence electrons. The van der Waals surface area contributed by atoms with Crippen LogP contribution < -0.4 is 0 Å². The Balaban J connectivity index is 1.37. The van der Waals surface area contributed by atoms with Crippen molar-refractivity contribution in [2.75, 3.05) is 72.5 Å². The van der Waals surface area contributed by atoms with Crippen molar-refractivity contribution in [2.24, 2.45) is 23.7 Å². The van der Waals surface area contributed by atoms with Gasteiger partial charge < -0.3 is 56.8 Å². The van der Waals surface area contributed by atoms with E-state index in [-0.39, 0.29) is 13.0 Å². The molecule has 0 amide bonds. The summed E-state index contributed by atoms with van der Waals surface area (Å²) in [6, 6.07) is 0. The molecule has 0 aromatic heterocycles. The van der Waals surface area contributed by atoms with Gasteiger partial charge in [0.2, 0.25) is 0 Å². The third kappa shape index (κ3) is 44.8. The molecule has 2 aliphatic carbocycles. The monoisotopic (exact) mass is 1260 g/mol. The van der Waals surface area contributed by atoms with E-state index >= 15 is 0 Å². The number of unbranched alkanes of at least 4 members (excludes halogenated alkanes) is 27. The molecule has 2 saturated carbocycles. The van der Waals surface area contributed by atoms with Crippen LogP contribution in [0.5, 0.6) is 0 Å². The lowest BCUT2D eigenvalue weighted by Gasteiger charge is -2.36. The van der Waals surface area contributed by atoms with Crippen LogP contribution in [0.15, 0.2) is 0 Å². The molecule has 1 saturated heterocycles. The maximum Gasteiger partial charge on any atom is 0.332 e. The smallest absolute Gasteiger partial charge is 0.332 e. The van der Waals surface area contributed by atoms with Gasteiger partial charge in [-0.25, -0.2) is 0 Å². The summed E-state index contributed by atoms with van der Waals surface area (Å²) in [6.45, 7) is 17.0. The predicted octanol–water partition coefficient (Wildman–Crippen LogP) is 21.0. The van der Waals surface area contributed by atoms with Crippen LogP contribution >= 0.6 is 17.2 Å². The van der Waals surface area contributed by atoms with Crippen LogP contribution in [-0.4, -0.2) is 117 Å². The van der Waals surface area contributed by atoms with Crippen LogP contribution in [0.4, 0.5) is 0 Å². The average molecular weight is 1260 g/mol. The first-order chi connectivity index (χ1) is 42.4. The molecule has 1 aliphatic heterocycles. The zero-order valence-corrected chi connectivity index (χ0v) is 58.8. The molecular formula is C72H143NO11P2. The second-order valence-electron chi connectivity index (χ2n) is 27.0. The van der Waals surface area contributed by atoms with Crippen LogP contribution in [0, 0.1) is 23.7 Å². The van der Waals surface area contributed by atoms with Crippen LogP contribution in [0.3, 0.4) is 0 Å². The Morgan fingerprint density at radius 2 is 0.628 bits per heavy atom. The number of nitrogens with zero attached hydrogens (tertiary/aromatic N) is 1. The summed E-state index contributed by atoms with van der Waals surface area (Å²) in [7, 11) is -2.58. The highest BCUT2D eigenvalue weighted by Gasteiger charge is 2.36. The van der Waals surface area contributed by atoms with Crippen molar-refractivity contribution in [2.45, 2.75) is 367 Å². The molecule has 0 radical (unpaired) electrons. The lowest BCUT2D eigenvalue weighted by Crippen LogP contribution is -2.49. The Morgan fingerprint density at radius 1 is 0.337 bits per heavy atom. The minimum absolute atomic E-state index is 0.150. The normalized spacial score (nSPS) is 22.7. The van der Waals surface area contributed by atoms with Gasteiger partial charge in [0.1, 0.15) is 12.2 Å². The number of aliphatic hydroxyl groups is 3. The van der Waals surface area contributed by atoms with Gasteiger partial charge >= 0.3 is 17.2 Å². The molecule has 4 unspecified atom stereocenters. The van der Waals surface area contributed by atoms with Gasteiger partial charge in [0.25, 0.3) is 0 Å². The van der Waals surface area contributed by atoms with Gasteiger partial charge in [0.15, 0.2) is 6.29 Å².